The van der Waals surface area contributed by atoms with E-state index in [-0.39, 0.29) is 16.9 Å². The van der Waals surface area contributed by atoms with E-state index in [0.717, 1.165) is 4.57 Å². The van der Waals surface area contributed by atoms with Gasteiger partial charge in [-0.25, -0.2) is 14.8 Å². The summed E-state index contributed by atoms with van der Waals surface area (Å²) in [5.74, 6) is -1.12. The SMILES string of the molecule is CCSc1cc2c(nc1C(=O)OC)nc(C(F)(F)F)n2C. The Kier molecular flexibility index (Phi) is 4.13. The molecule has 2 aromatic rings. The lowest BCUT2D eigenvalue weighted by Gasteiger charge is -2.07. The van der Waals surface area contributed by atoms with Crippen LogP contribution in [0.5, 0.6) is 0 Å². The molecule has 0 fully saturated rings. The van der Waals surface area contributed by atoms with Crippen LogP contribution in [0.15, 0.2) is 11.0 Å². The summed E-state index contributed by atoms with van der Waals surface area (Å²) in [6.45, 7) is 1.86. The Morgan fingerprint density at radius 1 is 1.43 bits per heavy atom. The Labute approximate surface area is 122 Å². The molecule has 9 heteroatoms. The summed E-state index contributed by atoms with van der Waals surface area (Å²) < 4.78 is 44.1. The van der Waals surface area contributed by atoms with Crippen molar-refractivity contribution in [2.45, 2.75) is 18.0 Å². The van der Waals surface area contributed by atoms with Gasteiger partial charge in [-0.15, -0.1) is 11.8 Å². The second kappa shape index (κ2) is 5.55. The highest BCUT2D eigenvalue weighted by atomic mass is 32.2. The van der Waals surface area contributed by atoms with Crippen LogP contribution in [0.1, 0.15) is 23.2 Å². The van der Waals surface area contributed by atoms with E-state index in [0.29, 0.717) is 10.6 Å². The summed E-state index contributed by atoms with van der Waals surface area (Å²) in [7, 11) is 2.45. The standard InChI is InChI=1S/C12H12F3N3O2S/c1-4-21-7-5-6-9(16-8(7)10(19)20-3)17-11(18(6)2)12(13,14)15/h5H,4H2,1-3H3. The van der Waals surface area contributed by atoms with Gasteiger partial charge in [-0.3, -0.25) is 0 Å². The van der Waals surface area contributed by atoms with E-state index in [4.69, 9.17) is 0 Å². The molecule has 0 saturated carbocycles. The monoisotopic (exact) mass is 319 g/mol. The van der Waals surface area contributed by atoms with Gasteiger partial charge in [0.1, 0.15) is 0 Å². The fourth-order valence-corrected chi connectivity index (χ4v) is 2.63. The average molecular weight is 319 g/mol. The quantitative estimate of drug-likeness (QED) is 0.643. The van der Waals surface area contributed by atoms with Crippen LogP contribution < -0.4 is 0 Å². The number of halogens is 3. The number of imidazole rings is 1. The molecule has 2 rings (SSSR count). The summed E-state index contributed by atoms with van der Waals surface area (Å²) in [5.41, 5.74) is 0.0558. The third-order valence-electron chi connectivity index (χ3n) is 2.77. The third kappa shape index (κ3) is 2.82. The number of rotatable bonds is 3. The lowest BCUT2D eigenvalue weighted by molar-refractivity contribution is -0.146. The molecule has 114 valence electrons. The number of methoxy groups -OCH3 is 1. The number of carbonyl (C=O) groups excluding carboxylic acids is 1. The van der Waals surface area contributed by atoms with Crippen LogP contribution in [-0.2, 0) is 18.0 Å². The molecule has 0 aliphatic rings. The summed E-state index contributed by atoms with van der Waals surface area (Å²) >= 11 is 1.30. The number of thioether (sulfide) groups is 1. The first-order chi connectivity index (χ1) is 9.79. The molecule has 0 N–H and O–H groups in total. The van der Waals surface area contributed by atoms with Crippen molar-refractivity contribution < 1.29 is 22.7 Å². The number of carbonyl (C=O) groups is 1. The smallest absolute Gasteiger partial charge is 0.449 e. The Bertz CT molecular complexity index is 697. The predicted molar refractivity (Wildman–Crippen MR) is 71.2 cm³/mol. The van der Waals surface area contributed by atoms with Gasteiger partial charge in [0.25, 0.3) is 0 Å². The van der Waals surface area contributed by atoms with Gasteiger partial charge in [0.15, 0.2) is 11.3 Å². The largest absolute Gasteiger partial charge is 0.464 e. The topological polar surface area (TPSA) is 57.0 Å². The first kappa shape index (κ1) is 15.6. The third-order valence-corrected chi connectivity index (χ3v) is 3.68. The molecule has 5 nitrogen and oxygen atoms in total. The first-order valence-electron chi connectivity index (χ1n) is 5.95. The van der Waals surface area contributed by atoms with Gasteiger partial charge in [0.2, 0.25) is 5.82 Å². The van der Waals surface area contributed by atoms with E-state index in [1.165, 1.54) is 32.0 Å². The van der Waals surface area contributed by atoms with E-state index in [2.05, 4.69) is 14.7 Å². The fraction of sp³-hybridized carbons (Fsp3) is 0.417. The number of pyridine rings is 1. The van der Waals surface area contributed by atoms with Crippen molar-refractivity contribution in [3.8, 4) is 0 Å². The van der Waals surface area contributed by atoms with Crippen LogP contribution in [0.2, 0.25) is 0 Å². The Morgan fingerprint density at radius 2 is 2.10 bits per heavy atom. The molecule has 0 atom stereocenters. The number of alkyl halides is 3. The predicted octanol–water partition coefficient (Wildman–Crippen LogP) is 2.89. The Balaban J connectivity index is 2.71. The van der Waals surface area contributed by atoms with Crippen molar-refractivity contribution in [1.29, 1.82) is 0 Å². The average Bonchev–Trinajstić information content (AvgIpc) is 2.74. The molecule has 2 aromatic heterocycles. The van der Waals surface area contributed by atoms with Crippen molar-refractivity contribution >= 4 is 28.9 Å². The number of fused-ring (bicyclic) bond motifs is 1. The van der Waals surface area contributed by atoms with Crippen LogP contribution in [0.25, 0.3) is 11.2 Å². The van der Waals surface area contributed by atoms with Crippen LogP contribution in [-0.4, -0.2) is 33.4 Å². The molecular formula is C12H12F3N3O2S. The number of esters is 1. The summed E-state index contributed by atoms with van der Waals surface area (Å²) in [6, 6.07) is 1.48. The normalized spacial score (nSPS) is 11.9. The van der Waals surface area contributed by atoms with Gasteiger partial charge in [0, 0.05) is 11.9 Å². The van der Waals surface area contributed by atoms with Crippen molar-refractivity contribution in [2.75, 3.05) is 12.9 Å². The molecule has 21 heavy (non-hydrogen) atoms. The van der Waals surface area contributed by atoms with Crippen LogP contribution in [0, 0.1) is 0 Å². The molecule has 0 saturated heterocycles. The minimum Gasteiger partial charge on any atom is -0.464 e. The van der Waals surface area contributed by atoms with E-state index >= 15 is 0 Å². The molecule has 0 aliphatic carbocycles. The highest BCUT2D eigenvalue weighted by Gasteiger charge is 2.37. The molecular weight excluding hydrogens is 307 g/mol. The zero-order valence-electron chi connectivity index (χ0n) is 11.5. The number of hydrogen-bond donors (Lipinski definition) is 0. The van der Waals surface area contributed by atoms with Gasteiger partial charge in [-0.1, -0.05) is 6.92 Å². The van der Waals surface area contributed by atoms with Gasteiger partial charge < -0.3 is 9.30 Å². The number of nitrogens with zero attached hydrogens (tertiary/aromatic N) is 3. The molecule has 0 radical (unpaired) electrons. The van der Waals surface area contributed by atoms with Gasteiger partial charge in [-0.05, 0) is 11.8 Å². The maximum atomic E-state index is 12.9. The number of hydrogen-bond acceptors (Lipinski definition) is 5. The number of aromatic nitrogens is 3. The second-order valence-electron chi connectivity index (χ2n) is 4.09. The lowest BCUT2D eigenvalue weighted by atomic mass is 10.3. The first-order valence-corrected chi connectivity index (χ1v) is 6.94. The summed E-state index contributed by atoms with van der Waals surface area (Å²) in [5, 5.41) is 0. The molecule has 2 heterocycles. The highest BCUT2D eigenvalue weighted by Crippen LogP contribution is 2.32. The molecule has 0 aliphatic heterocycles. The zero-order valence-corrected chi connectivity index (χ0v) is 12.3. The van der Waals surface area contributed by atoms with Crippen LogP contribution in [0.3, 0.4) is 0 Å². The summed E-state index contributed by atoms with van der Waals surface area (Å²) in [6.07, 6.45) is -4.58. The van der Waals surface area contributed by atoms with E-state index in [9.17, 15) is 18.0 Å². The molecule has 0 unspecified atom stereocenters. The van der Waals surface area contributed by atoms with Gasteiger partial charge in [-0.2, -0.15) is 13.2 Å². The van der Waals surface area contributed by atoms with Crippen molar-refractivity contribution in [1.82, 2.24) is 14.5 Å². The number of aryl methyl sites for hydroxylation is 1. The van der Waals surface area contributed by atoms with E-state index in [1.54, 1.807) is 0 Å². The highest BCUT2D eigenvalue weighted by molar-refractivity contribution is 7.99. The maximum Gasteiger partial charge on any atom is 0.449 e. The van der Waals surface area contributed by atoms with E-state index < -0.39 is 18.0 Å². The number of ether oxygens (including phenoxy) is 1. The molecule has 0 spiro atoms. The second-order valence-corrected chi connectivity index (χ2v) is 5.40. The van der Waals surface area contributed by atoms with Gasteiger partial charge in [0.05, 0.1) is 12.6 Å². The summed E-state index contributed by atoms with van der Waals surface area (Å²) in [4.78, 5) is 19.6. The minimum atomic E-state index is -4.58. The fourth-order valence-electron chi connectivity index (χ4n) is 1.86. The van der Waals surface area contributed by atoms with Crippen molar-refractivity contribution in [2.24, 2.45) is 7.05 Å². The lowest BCUT2D eigenvalue weighted by Crippen LogP contribution is -2.12. The molecule has 0 amide bonds. The van der Waals surface area contributed by atoms with Crippen molar-refractivity contribution in [3.05, 3.63) is 17.6 Å². The maximum absolute atomic E-state index is 12.9. The van der Waals surface area contributed by atoms with Crippen LogP contribution in [0.4, 0.5) is 13.2 Å². The van der Waals surface area contributed by atoms with E-state index in [1.807, 2.05) is 6.92 Å². The molecule has 0 bridgehead atoms. The molecule has 0 aromatic carbocycles. The van der Waals surface area contributed by atoms with Crippen LogP contribution >= 0.6 is 11.8 Å². The Morgan fingerprint density at radius 3 is 2.62 bits per heavy atom. The Hall–Kier alpha value is -1.77. The van der Waals surface area contributed by atoms with Crippen molar-refractivity contribution in [3.63, 3.8) is 0 Å². The van der Waals surface area contributed by atoms with Gasteiger partial charge >= 0.3 is 12.1 Å². The zero-order chi connectivity index (χ0) is 15.8. The minimum absolute atomic E-state index is 0.0244.